The summed E-state index contributed by atoms with van der Waals surface area (Å²) < 4.78 is 6.97. The quantitative estimate of drug-likeness (QED) is 0.551. The summed E-state index contributed by atoms with van der Waals surface area (Å²) in [7, 11) is 0. The minimum absolute atomic E-state index is 0.0219. The molecule has 5 heteroatoms. The molecule has 0 aliphatic heterocycles. The van der Waals surface area contributed by atoms with Crippen molar-refractivity contribution in [1.29, 1.82) is 0 Å². The number of hydrogen-bond donors (Lipinski definition) is 2. The first kappa shape index (κ1) is 19.8. The van der Waals surface area contributed by atoms with Crippen LogP contribution in [0.5, 0.6) is 0 Å². The Kier molecular flexibility index (Phi) is 5.84. The van der Waals surface area contributed by atoms with Crippen molar-refractivity contribution in [3.05, 3.63) is 48.5 Å². The highest BCUT2D eigenvalue weighted by molar-refractivity contribution is 7.21. The Labute approximate surface area is 165 Å². The molecule has 0 atom stereocenters. The number of hydrogen-bond acceptors (Lipinski definition) is 5. The number of ether oxygens (including phenoxy) is 1. The maximum Gasteiger partial charge on any atom is 0.124 e. The summed E-state index contributed by atoms with van der Waals surface area (Å²) in [5.41, 5.74) is 2.66. The van der Waals surface area contributed by atoms with Crippen molar-refractivity contribution < 1.29 is 9.84 Å². The number of aliphatic hydroxyl groups is 1. The molecule has 1 heterocycles. The van der Waals surface area contributed by atoms with Gasteiger partial charge in [-0.25, -0.2) is 4.98 Å². The molecule has 4 nitrogen and oxygen atoms in total. The molecule has 144 valence electrons. The third-order valence-electron chi connectivity index (χ3n) is 4.51. The Balaban J connectivity index is 1.62. The summed E-state index contributed by atoms with van der Waals surface area (Å²) in [6, 6.07) is 16.6. The highest BCUT2D eigenvalue weighted by atomic mass is 32.1. The van der Waals surface area contributed by atoms with Crippen molar-refractivity contribution in [2.45, 2.75) is 45.3 Å². The van der Waals surface area contributed by atoms with E-state index in [1.807, 2.05) is 32.0 Å². The first-order chi connectivity index (χ1) is 12.8. The Hall–Kier alpha value is -1.95. The first-order valence-electron chi connectivity index (χ1n) is 9.27. The van der Waals surface area contributed by atoms with Gasteiger partial charge in [0.25, 0.3) is 0 Å². The summed E-state index contributed by atoms with van der Waals surface area (Å²) in [6.07, 6.45) is 0.843. The molecule has 0 spiro atoms. The smallest absolute Gasteiger partial charge is 0.124 e. The highest BCUT2D eigenvalue weighted by Gasteiger charge is 2.21. The van der Waals surface area contributed by atoms with Gasteiger partial charge in [0.15, 0.2) is 0 Å². The number of thiazole rings is 1. The van der Waals surface area contributed by atoms with Crippen molar-refractivity contribution in [3.8, 4) is 10.6 Å². The van der Waals surface area contributed by atoms with E-state index in [2.05, 4.69) is 49.5 Å². The lowest BCUT2D eigenvalue weighted by molar-refractivity contribution is -0.0571. The van der Waals surface area contributed by atoms with E-state index < -0.39 is 5.60 Å². The minimum Gasteiger partial charge on any atom is -0.393 e. The zero-order valence-corrected chi connectivity index (χ0v) is 17.3. The summed E-state index contributed by atoms with van der Waals surface area (Å²) >= 11 is 1.72. The molecule has 0 amide bonds. The Bertz CT molecular complexity index is 852. The van der Waals surface area contributed by atoms with Crippen LogP contribution in [-0.2, 0) is 4.74 Å². The molecule has 0 aliphatic carbocycles. The van der Waals surface area contributed by atoms with Crippen LogP contribution in [0.25, 0.3) is 20.8 Å². The van der Waals surface area contributed by atoms with Gasteiger partial charge in [-0.15, -0.1) is 11.3 Å². The van der Waals surface area contributed by atoms with Gasteiger partial charge in [0, 0.05) is 23.4 Å². The standard InChI is InChI=1S/C22H28N2O2S/c1-21(2,13-14-26-22(3,4)15-25)24-17-11-9-16(10-12-17)20-23-18-7-5-6-8-19(18)27-20/h5-12,24-25H,13-15H2,1-4H3. The van der Waals surface area contributed by atoms with E-state index in [9.17, 15) is 5.11 Å². The van der Waals surface area contributed by atoms with Gasteiger partial charge >= 0.3 is 0 Å². The van der Waals surface area contributed by atoms with Gasteiger partial charge in [-0.3, -0.25) is 0 Å². The number of nitrogens with one attached hydrogen (secondary N) is 1. The topological polar surface area (TPSA) is 54.4 Å². The van der Waals surface area contributed by atoms with Gasteiger partial charge in [0.05, 0.1) is 22.4 Å². The number of benzene rings is 2. The molecule has 2 aromatic carbocycles. The van der Waals surface area contributed by atoms with E-state index in [1.165, 1.54) is 4.70 Å². The van der Waals surface area contributed by atoms with Crippen molar-refractivity contribution in [3.63, 3.8) is 0 Å². The Morgan fingerprint density at radius 1 is 1.04 bits per heavy atom. The van der Waals surface area contributed by atoms with Crippen LogP contribution >= 0.6 is 11.3 Å². The predicted molar refractivity (Wildman–Crippen MR) is 114 cm³/mol. The molecule has 0 saturated carbocycles. The van der Waals surface area contributed by atoms with Gasteiger partial charge in [-0.1, -0.05) is 12.1 Å². The number of aromatic nitrogens is 1. The molecule has 0 aliphatic rings. The molecule has 27 heavy (non-hydrogen) atoms. The number of fused-ring (bicyclic) bond motifs is 1. The Morgan fingerprint density at radius 2 is 1.74 bits per heavy atom. The number of anilines is 1. The first-order valence-corrected chi connectivity index (χ1v) is 10.1. The summed E-state index contributed by atoms with van der Waals surface area (Å²) in [5, 5.41) is 13.9. The fourth-order valence-corrected chi connectivity index (χ4v) is 3.74. The van der Waals surface area contributed by atoms with E-state index in [4.69, 9.17) is 9.72 Å². The molecule has 0 bridgehead atoms. The second-order valence-electron chi connectivity index (χ2n) is 8.09. The maximum absolute atomic E-state index is 9.28. The van der Waals surface area contributed by atoms with Gasteiger partial charge in [-0.2, -0.15) is 0 Å². The van der Waals surface area contributed by atoms with Crippen LogP contribution in [0.2, 0.25) is 0 Å². The third-order valence-corrected chi connectivity index (χ3v) is 5.59. The lowest BCUT2D eigenvalue weighted by Crippen LogP contribution is -2.35. The maximum atomic E-state index is 9.28. The molecular formula is C22H28N2O2S. The van der Waals surface area contributed by atoms with Gasteiger partial charge < -0.3 is 15.2 Å². The van der Waals surface area contributed by atoms with Crippen LogP contribution in [-0.4, -0.2) is 34.4 Å². The molecule has 3 rings (SSSR count). The van der Waals surface area contributed by atoms with Gasteiger partial charge in [-0.05, 0) is 70.5 Å². The second kappa shape index (κ2) is 7.97. The lowest BCUT2D eigenvalue weighted by atomic mass is 10.00. The summed E-state index contributed by atoms with van der Waals surface area (Å²) in [6.45, 7) is 8.72. The predicted octanol–water partition coefficient (Wildman–Crippen LogP) is 5.33. The fourth-order valence-electron chi connectivity index (χ4n) is 2.77. The van der Waals surface area contributed by atoms with Crippen LogP contribution in [0, 0.1) is 0 Å². The van der Waals surface area contributed by atoms with E-state index in [0.717, 1.165) is 28.2 Å². The Morgan fingerprint density at radius 3 is 2.41 bits per heavy atom. The average molecular weight is 385 g/mol. The summed E-state index contributed by atoms with van der Waals surface area (Å²) in [5.74, 6) is 0. The minimum atomic E-state index is -0.491. The number of para-hydroxylation sites is 1. The lowest BCUT2D eigenvalue weighted by Gasteiger charge is -2.30. The van der Waals surface area contributed by atoms with Crippen LogP contribution < -0.4 is 5.32 Å². The van der Waals surface area contributed by atoms with Gasteiger partial charge in [0.1, 0.15) is 5.01 Å². The molecule has 3 aromatic rings. The van der Waals surface area contributed by atoms with Crippen LogP contribution in [0.4, 0.5) is 5.69 Å². The number of aliphatic hydroxyl groups excluding tert-OH is 1. The van der Waals surface area contributed by atoms with Crippen LogP contribution in [0.1, 0.15) is 34.1 Å². The highest BCUT2D eigenvalue weighted by Crippen LogP contribution is 2.31. The van der Waals surface area contributed by atoms with Crippen molar-refractivity contribution >= 4 is 27.2 Å². The monoisotopic (exact) mass is 384 g/mol. The van der Waals surface area contributed by atoms with E-state index in [0.29, 0.717) is 6.61 Å². The zero-order chi connectivity index (χ0) is 19.5. The van der Waals surface area contributed by atoms with Gasteiger partial charge in [0.2, 0.25) is 0 Å². The van der Waals surface area contributed by atoms with E-state index in [-0.39, 0.29) is 12.1 Å². The summed E-state index contributed by atoms with van der Waals surface area (Å²) in [4.78, 5) is 4.72. The van der Waals surface area contributed by atoms with Crippen molar-refractivity contribution in [1.82, 2.24) is 4.98 Å². The van der Waals surface area contributed by atoms with Crippen molar-refractivity contribution in [2.75, 3.05) is 18.5 Å². The molecule has 0 radical (unpaired) electrons. The molecule has 2 N–H and O–H groups in total. The normalized spacial score (nSPS) is 12.5. The average Bonchev–Trinajstić information content (AvgIpc) is 3.06. The largest absolute Gasteiger partial charge is 0.393 e. The van der Waals surface area contributed by atoms with Crippen LogP contribution in [0.15, 0.2) is 48.5 Å². The SMILES string of the molecule is CC(C)(CCOC(C)(C)CO)Nc1ccc(-c2nc3ccccc3s2)cc1. The third kappa shape index (κ3) is 5.28. The zero-order valence-electron chi connectivity index (χ0n) is 16.5. The fraction of sp³-hybridized carbons (Fsp3) is 0.409. The molecule has 0 unspecified atom stereocenters. The van der Waals surface area contributed by atoms with E-state index in [1.54, 1.807) is 11.3 Å². The molecule has 0 fully saturated rings. The second-order valence-corrected chi connectivity index (χ2v) is 9.12. The number of nitrogens with zero attached hydrogens (tertiary/aromatic N) is 1. The van der Waals surface area contributed by atoms with Crippen molar-refractivity contribution in [2.24, 2.45) is 0 Å². The molecule has 1 aromatic heterocycles. The molecular weight excluding hydrogens is 356 g/mol. The number of rotatable bonds is 8. The van der Waals surface area contributed by atoms with E-state index >= 15 is 0 Å². The van der Waals surface area contributed by atoms with Crippen LogP contribution in [0.3, 0.4) is 0 Å². The molecule has 0 saturated heterocycles.